The molecule has 0 spiro atoms. The zero-order valence-electron chi connectivity index (χ0n) is 23.2. The monoisotopic (exact) mass is 602 g/mol. The van der Waals surface area contributed by atoms with Gasteiger partial charge in [-0.3, -0.25) is 9.59 Å². The fraction of sp³-hybridized carbons (Fsp3) is 0.786. The van der Waals surface area contributed by atoms with Crippen molar-refractivity contribution in [2.45, 2.75) is 127 Å². The average molecular weight is 601 g/mol. The van der Waals surface area contributed by atoms with Gasteiger partial charge >= 0.3 is 93.4 Å². The van der Waals surface area contributed by atoms with E-state index >= 15 is 0 Å². The van der Waals surface area contributed by atoms with Gasteiger partial charge in [-0.1, -0.05) is 53.4 Å². The zero-order valence-corrected chi connectivity index (χ0v) is 26.0. The fourth-order valence-electron chi connectivity index (χ4n) is 2.90. The molecule has 35 heavy (non-hydrogen) atoms. The van der Waals surface area contributed by atoms with Gasteiger partial charge < -0.3 is 9.47 Å². The van der Waals surface area contributed by atoms with E-state index in [0.29, 0.717) is 24.7 Å². The first-order valence-electron chi connectivity index (χ1n) is 13.5. The van der Waals surface area contributed by atoms with Crippen LogP contribution in [0.2, 0.25) is 8.87 Å². The third kappa shape index (κ3) is 30.8. The number of ether oxygens (including phenoxy) is 2. The molecular weight excluding hydrogens is 551 g/mol. The molecule has 2 radical (unpaired) electrons. The second-order valence-electron chi connectivity index (χ2n) is 9.66. The maximum atomic E-state index is 11.5. The first kappa shape index (κ1) is 36.0. The number of carbonyl (C=O) groups is 4. The number of unbranched alkanes of at least 4 members (excludes halogenated alkanes) is 4. The fourth-order valence-corrected chi connectivity index (χ4v) is 7.06. The molecule has 0 aromatic rings. The molecule has 7 heteroatoms. The SMILES string of the molecule is CC(C)CCCCC(=O)OC(=O)/C=C\C(=O)OC(=O)CCCCC(C)C.CCC[CH2][Sn][CH2]CCC. The summed E-state index contributed by atoms with van der Waals surface area (Å²) in [6.07, 6.45) is 12.9. The van der Waals surface area contributed by atoms with Crippen LogP contribution in [0.15, 0.2) is 12.2 Å². The van der Waals surface area contributed by atoms with E-state index < -0.39 is 23.9 Å². The van der Waals surface area contributed by atoms with Crippen molar-refractivity contribution in [1.29, 1.82) is 0 Å². The van der Waals surface area contributed by atoms with Crippen LogP contribution in [0.5, 0.6) is 0 Å². The normalized spacial score (nSPS) is 10.9. The predicted molar refractivity (Wildman–Crippen MR) is 143 cm³/mol. The molecule has 0 atom stereocenters. The van der Waals surface area contributed by atoms with Gasteiger partial charge in [0.2, 0.25) is 0 Å². The number of hydrogen-bond acceptors (Lipinski definition) is 6. The molecule has 0 aliphatic heterocycles. The number of carbonyl (C=O) groups excluding carboxylic acids is 4. The van der Waals surface area contributed by atoms with Crippen LogP contribution in [-0.4, -0.2) is 45.0 Å². The topological polar surface area (TPSA) is 86.7 Å². The van der Waals surface area contributed by atoms with Crippen LogP contribution in [0.4, 0.5) is 0 Å². The third-order valence-corrected chi connectivity index (χ3v) is 9.06. The molecular formula is C28H50O6Sn. The Kier molecular flexibility index (Phi) is 26.6. The van der Waals surface area contributed by atoms with Gasteiger partial charge in [0.25, 0.3) is 0 Å². The van der Waals surface area contributed by atoms with Crippen molar-refractivity contribution in [3.8, 4) is 0 Å². The van der Waals surface area contributed by atoms with E-state index in [1.807, 2.05) is 0 Å². The summed E-state index contributed by atoms with van der Waals surface area (Å²) in [4.78, 5) is 45.8. The first-order valence-corrected chi connectivity index (χ1v) is 17.5. The standard InChI is InChI=1S/C20H32O6.2C4H9.Sn/c1-15(2)9-5-7-11-17(21)25-19(23)13-14-20(24)26-18(22)12-8-6-10-16(3)4;2*1-3-4-2;/h13-16H,5-12H2,1-4H3;2*1,3-4H2,2H3;/b14-13-;;;. The molecule has 0 aliphatic carbocycles. The summed E-state index contributed by atoms with van der Waals surface area (Å²) in [6.45, 7) is 13.0. The van der Waals surface area contributed by atoms with Crippen molar-refractivity contribution in [3.63, 3.8) is 0 Å². The Morgan fingerprint density at radius 1 is 0.629 bits per heavy atom. The van der Waals surface area contributed by atoms with E-state index in [1.165, 1.54) is 25.7 Å². The van der Waals surface area contributed by atoms with E-state index in [2.05, 4.69) is 51.0 Å². The molecule has 0 saturated heterocycles. The van der Waals surface area contributed by atoms with Gasteiger partial charge in [-0.05, 0) is 24.7 Å². The van der Waals surface area contributed by atoms with Crippen molar-refractivity contribution in [1.82, 2.24) is 0 Å². The van der Waals surface area contributed by atoms with Gasteiger partial charge in [-0.15, -0.1) is 0 Å². The van der Waals surface area contributed by atoms with Crippen LogP contribution in [-0.2, 0) is 28.7 Å². The molecule has 0 heterocycles. The van der Waals surface area contributed by atoms with Gasteiger partial charge in [0.05, 0.1) is 0 Å². The Bertz CT molecular complexity index is 548. The summed E-state index contributed by atoms with van der Waals surface area (Å²) in [5.74, 6) is -2.00. The van der Waals surface area contributed by atoms with Gasteiger partial charge in [-0.25, -0.2) is 9.59 Å². The van der Waals surface area contributed by atoms with Crippen LogP contribution in [0.1, 0.15) is 119 Å². The number of rotatable bonds is 18. The van der Waals surface area contributed by atoms with Crippen LogP contribution < -0.4 is 0 Å². The van der Waals surface area contributed by atoms with Crippen LogP contribution >= 0.6 is 0 Å². The Labute approximate surface area is 224 Å². The molecule has 0 unspecified atom stereocenters. The minimum absolute atomic E-state index is 0.149. The Hall–Kier alpha value is -1.18. The minimum atomic E-state index is -0.944. The average Bonchev–Trinajstić information content (AvgIpc) is 2.78. The summed E-state index contributed by atoms with van der Waals surface area (Å²) in [7, 11) is 0. The molecule has 0 fully saturated rings. The van der Waals surface area contributed by atoms with Crippen molar-refractivity contribution in [3.05, 3.63) is 12.2 Å². The molecule has 0 rings (SSSR count). The second-order valence-corrected chi connectivity index (χ2v) is 13.9. The zero-order chi connectivity index (χ0) is 26.9. The van der Waals surface area contributed by atoms with Crippen molar-refractivity contribution < 1.29 is 28.7 Å². The van der Waals surface area contributed by atoms with E-state index in [1.54, 1.807) is 8.87 Å². The molecule has 202 valence electrons. The summed E-state index contributed by atoms with van der Waals surface area (Å²) in [6, 6.07) is 0. The van der Waals surface area contributed by atoms with Crippen LogP contribution in [0, 0.1) is 11.8 Å². The molecule has 0 N–H and O–H groups in total. The Morgan fingerprint density at radius 3 is 1.31 bits per heavy atom. The first-order chi connectivity index (χ1) is 16.6. The Morgan fingerprint density at radius 2 is 1.00 bits per heavy atom. The van der Waals surface area contributed by atoms with Gasteiger partial charge in [0, 0.05) is 25.0 Å². The van der Waals surface area contributed by atoms with Gasteiger partial charge in [0.1, 0.15) is 0 Å². The third-order valence-electron chi connectivity index (χ3n) is 5.02. The molecule has 0 saturated carbocycles. The summed E-state index contributed by atoms with van der Waals surface area (Å²) in [5.41, 5.74) is 0. The van der Waals surface area contributed by atoms with E-state index in [-0.39, 0.29) is 34.0 Å². The van der Waals surface area contributed by atoms with Crippen molar-refractivity contribution in [2.75, 3.05) is 0 Å². The Balaban J connectivity index is 0. The van der Waals surface area contributed by atoms with Crippen molar-refractivity contribution in [2.24, 2.45) is 11.8 Å². The molecule has 0 amide bonds. The quantitative estimate of drug-likeness (QED) is 0.0541. The summed E-state index contributed by atoms with van der Waals surface area (Å²) >= 11 is 0.149. The van der Waals surface area contributed by atoms with Crippen LogP contribution in [0.25, 0.3) is 0 Å². The van der Waals surface area contributed by atoms with E-state index in [0.717, 1.165) is 37.8 Å². The van der Waals surface area contributed by atoms with Crippen LogP contribution in [0.3, 0.4) is 0 Å². The summed E-state index contributed by atoms with van der Waals surface area (Å²) < 4.78 is 12.4. The van der Waals surface area contributed by atoms with Gasteiger partial charge in [-0.2, -0.15) is 0 Å². The number of hydrogen-bond donors (Lipinski definition) is 0. The molecule has 0 aliphatic rings. The summed E-state index contributed by atoms with van der Waals surface area (Å²) in [5, 5.41) is 0. The molecule has 6 nitrogen and oxygen atoms in total. The van der Waals surface area contributed by atoms with Gasteiger partial charge in [0.15, 0.2) is 0 Å². The predicted octanol–water partition coefficient (Wildman–Crippen LogP) is 7.24. The van der Waals surface area contributed by atoms with E-state index in [9.17, 15) is 19.2 Å². The molecule has 0 aromatic carbocycles. The maximum absolute atomic E-state index is 11.5. The molecule has 0 bridgehead atoms. The molecule has 0 aromatic heterocycles. The van der Waals surface area contributed by atoms with Crippen molar-refractivity contribution >= 4 is 45.0 Å². The number of esters is 4. The van der Waals surface area contributed by atoms with E-state index in [4.69, 9.17) is 0 Å². The second kappa shape index (κ2) is 25.9.